The zero-order chi connectivity index (χ0) is 51.1. The van der Waals surface area contributed by atoms with E-state index in [1.165, 1.54) is 113 Å². The van der Waals surface area contributed by atoms with Crippen LogP contribution < -0.4 is 31.1 Å². The van der Waals surface area contributed by atoms with Gasteiger partial charge in [0.15, 0.2) is 0 Å². The van der Waals surface area contributed by atoms with E-state index in [4.69, 9.17) is 0 Å². The molecule has 8 aromatic carbocycles. The number of rotatable bonds is 6. The van der Waals surface area contributed by atoms with Crippen LogP contribution >= 0.6 is 0 Å². The molecule has 0 saturated heterocycles. The molecule has 12 rings (SSSR count). The van der Waals surface area contributed by atoms with E-state index in [1.54, 1.807) is 0 Å². The molecule has 8 aromatic rings. The van der Waals surface area contributed by atoms with Crippen LogP contribution in [0.4, 0.5) is 51.2 Å². The van der Waals surface area contributed by atoms with Crippen molar-refractivity contribution in [2.24, 2.45) is 0 Å². The first-order chi connectivity index (χ1) is 34.6. The van der Waals surface area contributed by atoms with Crippen LogP contribution in [0.3, 0.4) is 0 Å². The summed E-state index contributed by atoms with van der Waals surface area (Å²) in [6.45, 7) is 31.4. The average molecular weight is 954 g/mol. The topological polar surface area (TPSA) is 9.72 Å². The second-order valence-electron chi connectivity index (χ2n) is 25.8. The molecular weight excluding hydrogens is 882 g/mol. The Balaban J connectivity index is 1.21. The summed E-state index contributed by atoms with van der Waals surface area (Å²) in [7, 11) is 0. The predicted octanol–water partition coefficient (Wildman–Crippen LogP) is 17.1. The van der Waals surface area contributed by atoms with E-state index in [1.807, 2.05) is 0 Å². The van der Waals surface area contributed by atoms with Gasteiger partial charge in [-0.1, -0.05) is 167 Å². The summed E-state index contributed by atoms with van der Waals surface area (Å²) in [6.07, 6.45) is 3.47. The summed E-state index contributed by atoms with van der Waals surface area (Å²) in [5.74, 6) is 0. The van der Waals surface area contributed by atoms with Gasteiger partial charge >= 0.3 is 0 Å². The van der Waals surface area contributed by atoms with Crippen LogP contribution in [0, 0.1) is 13.8 Å². The summed E-state index contributed by atoms with van der Waals surface area (Å²) < 4.78 is 0. The molecule has 0 atom stereocenters. The molecule has 2 aliphatic heterocycles. The number of nitrogens with zero attached hydrogens (tertiary/aromatic N) is 3. The molecule has 2 aliphatic carbocycles. The Morgan fingerprint density at radius 1 is 0.438 bits per heavy atom. The lowest BCUT2D eigenvalue weighted by Crippen LogP contribution is -2.61. The SMILES string of the molecule is Cc1cc2c3c(c1)N(c1ccc(C(C)(C)C)cc1-c1ccccc1)c1cc(N(c4ccccc4)c4ccccc4)ccc1B3c1cc3c(cc1N2c1cc2c(cc1C)C(C)(C)CCC2(C)C)C(C)(C)CC3(C)C. The number of para-hydroxylation sites is 2. The van der Waals surface area contributed by atoms with Crippen LogP contribution in [-0.2, 0) is 27.1 Å². The van der Waals surface area contributed by atoms with Crippen LogP contribution in [0.15, 0.2) is 164 Å². The molecule has 3 nitrogen and oxygen atoms in total. The second-order valence-corrected chi connectivity index (χ2v) is 25.8. The molecule has 0 aromatic heterocycles. The number of hydrogen-bond acceptors (Lipinski definition) is 3. The van der Waals surface area contributed by atoms with Crippen molar-refractivity contribution in [3.05, 3.63) is 203 Å². The molecule has 0 radical (unpaired) electrons. The summed E-state index contributed by atoms with van der Waals surface area (Å²) in [5.41, 5.74) is 27.4. The highest BCUT2D eigenvalue weighted by atomic mass is 15.2. The van der Waals surface area contributed by atoms with Crippen molar-refractivity contribution in [2.75, 3.05) is 14.7 Å². The van der Waals surface area contributed by atoms with Gasteiger partial charge in [0, 0.05) is 51.1 Å². The fourth-order valence-electron chi connectivity index (χ4n) is 13.8. The van der Waals surface area contributed by atoms with Crippen molar-refractivity contribution in [3.63, 3.8) is 0 Å². The third-order valence-electron chi connectivity index (χ3n) is 17.6. The number of aryl methyl sites for hydroxylation is 2. The minimum atomic E-state index is -0.0438. The minimum Gasteiger partial charge on any atom is -0.311 e. The van der Waals surface area contributed by atoms with E-state index in [2.05, 4.69) is 269 Å². The standard InChI is InChI=1S/C69H72BN3/c1-44-35-62-64-63(36-44)73(59-41-54-52(37-45(59)2)66(6,7)33-34-67(54,8)9)61-42-55-53(68(10,11)43-69(55,12)13)40-57(61)70(64)56-31-30-50(71(48-25-19-15-20-26-48)49-27-21-16-22-28-49)39-60(56)72(62)58-32-29-47(65(3,4)5)38-51(58)46-23-17-14-18-24-46/h14-32,35-42H,33-34,43H2,1-13H3. The number of hydrogen-bond donors (Lipinski definition) is 0. The van der Waals surface area contributed by atoms with Gasteiger partial charge in [-0.05, 0) is 194 Å². The Kier molecular flexibility index (Phi) is 10.6. The van der Waals surface area contributed by atoms with Crippen LogP contribution in [0.5, 0.6) is 0 Å². The minimum absolute atomic E-state index is 0.0189. The monoisotopic (exact) mass is 954 g/mol. The molecular formula is C69H72BN3. The van der Waals surface area contributed by atoms with E-state index < -0.39 is 0 Å². The maximum atomic E-state index is 2.72. The molecule has 0 saturated carbocycles. The fraction of sp³-hybridized carbons (Fsp3) is 0.304. The Morgan fingerprint density at radius 3 is 1.53 bits per heavy atom. The first-order valence-corrected chi connectivity index (χ1v) is 27.0. The van der Waals surface area contributed by atoms with Gasteiger partial charge in [0.2, 0.25) is 0 Å². The Labute approximate surface area is 437 Å². The van der Waals surface area contributed by atoms with Gasteiger partial charge in [-0.3, -0.25) is 0 Å². The van der Waals surface area contributed by atoms with E-state index in [9.17, 15) is 0 Å². The lowest BCUT2D eigenvalue weighted by molar-refractivity contribution is 0.332. The molecule has 0 unspecified atom stereocenters. The van der Waals surface area contributed by atoms with E-state index >= 15 is 0 Å². The molecule has 0 spiro atoms. The number of fused-ring (bicyclic) bond motifs is 6. The van der Waals surface area contributed by atoms with Crippen molar-refractivity contribution in [1.82, 2.24) is 0 Å². The smallest absolute Gasteiger partial charge is 0.252 e. The largest absolute Gasteiger partial charge is 0.311 e. The quantitative estimate of drug-likeness (QED) is 0.154. The third-order valence-corrected chi connectivity index (χ3v) is 17.6. The molecule has 0 fully saturated rings. The van der Waals surface area contributed by atoms with Gasteiger partial charge in [0.1, 0.15) is 0 Å². The lowest BCUT2D eigenvalue weighted by Gasteiger charge is -2.47. The van der Waals surface area contributed by atoms with Gasteiger partial charge in [-0.15, -0.1) is 0 Å². The highest BCUT2D eigenvalue weighted by Crippen LogP contribution is 2.55. The summed E-state index contributed by atoms with van der Waals surface area (Å²) in [4.78, 5) is 7.79. The maximum absolute atomic E-state index is 2.72. The van der Waals surface area contributed by atoms with Crippen LogP contribution in [-0.4, -0.2) is 6.71 Å². The molecule has 0 bridgehead atoms. The van der Waals surface area contributed by atoms with Crippen molar-refractivity contribution in [1.29, 1.82) is 0 Å². The van der Waals surface area contributed by atoms with E-state index in [-0.39, 0.29) is 33.8 Å². The number of benzene rings is 8. The second kappa shape index (κ2) is 16.4. The molecule has 2 heterocycles. The first-order valence-electron chi connectivity index (χ1n) is 27.0. The zero-order valence-electron chi connectivity index (χ0n) is 45.6. The molecule has 0 amide bonds. The summed E-state index contributed by atoms with van der Waals surface area (Å²) in [5, 5.41) is 0. The molecule has 4 aliphatic rings. The van der Waals surface area contributed by atoms with Crippen LogP contribution in [0.25, 0.3) is 11.1 Å². The fourth-order valence-corrected chi connectivity index (χ4v) is 13.8. The Bertz CT molecular complexity index is 3460. The number of anilines is 9. The highest BCUT2D eigenvalue weighted by molar-refractivity contribution is 7.00. The normalized spacial score (nSPS) is 17.3. The summed E-state index contributed by atoms with van der Waals surface area (Å²) in [6, 6.07) is 63.0. The summed E-state index contributed by atoms with van der Waals surface area (Å²) >= 11 is 0. The van der Waals surface area contributed by atoms with Crippen LogP contribution in [0.2, 0.25) is 0 Å². The Hall–Kier alpha value is -6.78. The lowest BCUT2D eigenvalue weighted by atomic mass is 9.33. The molecule has 73 heavy (non-hydrogen) atoms. The van der Waals surface area contributed by atoms with Crippen LogP contribution in [0.1, 0.15) is 134 Å². The van der Waals surface area contributed by atoms with Gasteiger partial charge in [0.25, 0.3) is 6.71 Å². The van der Waals surface area contributed by atoms with Crippen molar-refractivity contribution in [3.8, 4) is 11.1 Å². The molecule has 366 valence electrons. The van der Waals surface area contributed by atoms with Gasteiger partial charge in [-0.25, -0.2) is 0 Å². The van der Waals surface area contributed by atoms with Gasteiger partial charge < -0.3 is 14.7 Å². The predicted molar refractivity (Wildman–Crippen MR) is 315 cm³/mol. The average Bonchev–Trinajstić information content (AvgIpc) is 3.54. The van der Waals surface area contributed by atoms with E-state index in [0.717, 1.165) is 23.5 Å². The maximum Gasteiger partial charge on any atom is 0.252 e. The highest BCUT2D eigenvalue weighted by Gasteiger charge is 2.49. The Morgan fingerprint density at radius 2 is 0.945 bits per heavy atom. The molecule has 4 heteroatoms. The van der Waals surface area contributed by atoms with Crippen molar-refractivity contribution >= 4 is 74.3 Å². The zero-order valence-corrected chi connectivity index (χ0v) is 45.6. The van der Waals surface area contributed by atoms with Gasteiger partial charge in [-0.2, -0.15) is 0 Å². The van der Waals surface area contributed by atoms with Gasteiger partial charge in [0.05, 0.1) is 5.69 Å². The van der Waals surface area contributed by atoms with Crippen molar-refractivity contribution in [2.45, 2.75) is 136 Å². The van der Waals surface area contributed by atoms with Crippen molar-refractivity contribution < 1.29 is 0 Å². The first kappa shape index (κ1) is 47.2. The van der Waals surface area contributed by atoms with E-state index in [0.29, 0.717) is 0 Å². The molecule has 0 N–H and O–H groups in total. The third kappa shape index (κ3) is 7.52.